The van der Waals surface area contributed by atoms with Gasteiger partial charge in [-0.15, -0.1) is 0 Å². The molecule has 2 amide bonds. The van der Waals surface area contributed by atoms with Gasteiger partial charge in [0.05, 0.1) is 12.1 Å². The Morgan fingerprint density at radius 2 is 2.08 bits per heavy atom. The summed E-state index contributed by atoms with van der Waals surface area (Å²) in [5.74, 6) is 1.48. The molecule has 1 aromatic heterocycles. The van der Waals surface area contributed by atoms with Gasteiger partial charge >= 0.3 is 0 Å². The van der Waals surface area contributed by atoms with Crippen molar-refractivity contribution in [3.63, 3.8) is 0 Å². The minimum Gasteiger partial charge on any atom is -0.366 e. The number of carbonyl (C=O) groups is 2. The minimum atomic E-state index is 0.0124. The number of hydrogen-bond acceptors (Lipinski definition) is 6. The van der Waals surface area contributed by atoms with Crippen LogP contribution in [0.25, 0.3) is 0 Å². The van der Waals surface area contributed by atoms with Crippen molar-refractivity contribution in [2.45, 2.75) is 57.6 Å². The molecule has 0 aromatic carbocycles. The van der Waals surface area contributed by atoms with Crippen molar-refractivity contribution in [3.8, 4) is 0 Å². The lowest BCUT2D eigenvalue weighted by molar-refractivity contribution is -0.154. The maximum Gasteiger partial charge on any atom is 0.248 e. The average Bonchev–Trinajstić information content (AvgIpc) is 2.96. The van der Waals surface area contributed by atoms with Crippen LogP contribution in [0.15, 0.2) is 4.52 Å². The average molecular weight is 350 g/mol. The van der Waals surface area contributed by atoms with E-state index >= 15 is 0 Å². The van der Waals surface area contributed by atoms with E-state index in [-0.39, 0.29) is 36.5 Å². The van der Waals surface area contributed by atoms with Crippen LogP contribution in [0.4, 0.5) is 0 Å². The number of likely N-dealkylation sites (tertiary alicyclic amines) is 1. The van der Waals surface area contributed by atoms with E-state index in [4.69, 9.17) is 9.26 Å². The molecule has 0 unspecified atom stereocenters. The molecule has 3 heterocycles. The second-order valence-corrected chi connectivity index (χ2v) is 7.08. The fraction of sp³-hybridized carbons (Fsp3) is 0.765. The number of aromatic nitrogens is 2. The van der Waals surface area contributed by atoms with Crippen LogP contribution in [-0.4, -0.2) is 70.6 Å². The molecule has 0 saturated carbocycles. The summed E-state index contributed by atoms with van der Waals surface area (Å²) in [7, 11) is 1.82. The van der Waals surface area contributed by atoms with Crippen molar-refractivity contribution in [1.29, 1.82) is 0 Å². The number of carbonyl (C=O) groups excluding carboxylic acids is 2. The third-order valence-corrected chi connectivity index (χ3v) is 5.02. The van der Waals surface area contributed by atoms with Crippen LogP contribution in [-0.2, 0) is 20.7 Å². The summed E-state index contributed by atoms with van der Waals surface area (Å²) in [6.45, 7) is 5.44. The third-order valence-electron chi connectivity index (χ3n) is 5.02. The molecule has 138 valence electrons. The third kappa shape index (κ3) is 4.00. The van der Waals surface area contributed by atoms with Gasteiger partial charge in [-0.05, 0) is 12.8 Å². The smallest absolute Gasteiger partial charge is 0.248 e. The van der Waals surface area contributed by atoms with Crippen molar-refractivity contribution in [2.75, 3.05) is 26.7 Å². The lowest BCUT2D eigenvalue weighted by Gasteiger charge is -2.37. The predicted molar refractivity (Wildman–Crippen MR) is 88.8 cm³/mol. The van der Waals surface area contributed by atoms with Crippen molar-refractivity contribution in [1.82, 2.24) is 19.9 Å². The van der Waals surface area contributed by atoms with E-state index in [1.54, 1.807) is 4.90 Å². The Balaban J connectivity index is 1.53. The maximum absolute atomic E-state index is 12.5. The Kier molecular flexibility index (Phi) is 5.36. The molecule has 0 N–H and O–H groups in total. The van der Waals surface area contributed by atoms with Gasteiger partial charge in [-0.3, -0.25) is 9.59 Å². The normalized spacial score (nSPS) is 24.4. The molecule has 2 aliphatic rings. The lowest BCUT2D eigenvalue weighted by Crippen LogP contribution is -2.52. The highest BCUT2D eigenvalue weighted by molar-refractivity contribution is 5.78. The van der Waals surface area contributed by atoms with Gasteiger partial charge in [-0.2, -0.15) is 4.98 Å². The van der Waals surface area contributed by atoms with Gasteiger partial charge in [0.25, 0.3) is 0 Å². The number of ether oxygens (including phenoxy) is 1. The Bertz CT molecular complexity index is 630. The van der Waals surface area contributed by atoms with Crippen LogP contribution in [0.3, 0.4) is 0 Å². The highest BCUT2D eigenvalue weighted by Gasteiger charge is 2.37. The van der Waals surface area contributed by atoms with Crippen LogP contribution < -0.4 is 0 Å². The first-order chi connectivity index (χ1) is 12.0. The SMILES string of the molecule is CC(C)c1noc(CCC(=O)N2CC[C@@H]3OCC(=O)N(C)[C@H]3CC2)n1. The standard InChI is InChI=1S/C17H26N4O4/c1-11(2)17-18-14(25-19-17)4-5-15(22)21-8-6-12-13(7-9-21)24-10-16(23)20(12)3/h11-13H,4-10H2,1-3H3/t12-,13-/m0/s1. The molecule has 2 aliphatic heterocycles. The summed E-state index contributed by atoms with van der Waals surface area (Å²) in [6.07, 6.45) is 2.33. The first kappa shape index (κ1) is 17.8. The van der Waals surface area contributed by atoms with Gasteiger partial charge in [-0.25, -0.2) is 0 Å². The van der Waals surface area contributed by atoms with Crippen molar-refractivity contribution in [3.05, 3.63) is 11.7 Å². The molecular formula is C17H26N4O4. The number of rotatable bonds is 4. The van der Waals surface area contributed by atoms with E-state index in [1.807, 2.05) is 25.8 Å². The molecular weight excluding hydrogens is 324 g/mol. The van der Waals surface area contributed by atoms with Gasteiger partial charge in [0.1, 0.15) is 6.61 Å². The molecule has 2 atom stereocenters. The molecule has 8 heteroatoms. The minimum absolute atomic E-state index is 0.0124. The van der Waals surface area contributed by atoms with E-state index in [0.29, 0.717) is 37.6 Å². The highest BCUT2D eigenvalue weighted by Crippen LogP contribution is 2.23. The summed E-state index contributed by atoms with van der Waals surface area (Å²) in [6, 6.07) is 0.0589. The number of morpholine rings is 1. The zero-order valence-corrected chi connectivity index (χ0v) is 15.1. The van der Waals surface area contributed by atoms with E-state index in [2.05, 4.69) is 10.1 Å². The summed E-state index contributed by atoms with van der Waals surface area (Å²) < 4.78 is 10.9. The zero-order chi connectivity index (χ0) is 18.0. The number of amides is 2. The molecule has 25 heavy (non-hydrogen) atoms. The van der Waals surface area contributed by atoms with Gasteiger partial charge in [0, 0.05) is 38.9 Å². The summed E-state index contributed by atoms with van der Waals surface area (Å²) in [4.78, 5) is 32.3. The Morgan fingerprint density at radius 3 is 2.80 bits per heavy atom. The summed E-state index contributed by atoms with van der Waals surface area (Å²) in [5, 5.41) is 3.92. The molecule has 2 fully saturated rings. The zero-order valence-electron chi connectivity index (χ0n) is 15.1. The second kappa shape index (κ2) is 7.51. The van der Waals surface area contributed by atoms with Gasteiger partial charge in [-0.1, -0.05) is 19.0 Å². The maximum atomic E-state index is 12.5. The van der Waals surface area contributed by atoms with E-state index in [0.717, 1.165) is 12.8 Å². The number of nitrogens with zero attached hydrogens (tertiary/aromatic N) is 4. The number of hydrogen-bond donors (Lipinski definition) is 0. The largest absolute Gasteiger partial charge is 0.366 e. The highest BCUT2D eigenvalue weighted by atomic mass is 16.5. The molecule has 0 spiro atoms. The van der Waals surface area contributed by atoms with Crippen molar-refractivity contribution >= 4 is 11.8 Å². The molecule has 0 bridgehead atoms. The molecule has 0 aliphatic carbocycles. The van der Waals surface area contributed by atoms with Crippen LogP contribution >= 0.6 is 0 Å². The molecule has 1 aromatic rings. The molecule has 3 rings (SSSR count). The summed E-state index contributed by atoms with van der Waals surface area (Å²) in [5.41, 5.74) is 0. The number of fused-ring (bicyclic) bond motifs is 1. The first-order valence-corrected chi connectivity index (χ1v) is 8.93. The molecule has 2 saturated heterocycles. The van der Waals surface area contributed by atoms with Crippen molar-refractivity contribution < 1.29 is 18.8 Å². The topological polar surface area (TPSA) is 88.8 Å². The van der Waals surface area contributed by atoms with Crippen molar-refractivity contribution in [2.24, 2.45) is 0 Å². The Morgan fingerprint density at radius 1 is 1.32 bits per heavy atom. The van der Waals surface area contributed by atoms with E-state index in [1.165, 1.54) is 0 Å². The van der Waals surface area contributed by atoms with E-state index < -0.39 is 0 Å². The van der Waals surface area contributed by atoms with Crippen LogP contribution in [0.5, 0.6) is 0 Å². The monoisotopic (exact) mass is 350 g/mol. The Labute approximate surface area is 147 Å². The lowest BCUT2D eigenvalue weighted by atomic mass is 10.0. The molecule has 8 nitrogen and oxygen atoms in total. The predicted octanol–water partition coefficient (Wildman–Crippen LogP) is 0.974. The fourth-order valence-corrected chi connectivity index (χ4v) is 3.39. The number of likely N-dealkylation sites (N-methyl/N-ethyl adjacent to an activating group) is 1. The van der Waals surface area contributed by atoms with Crippen LogP contribution in [0, 0.1) is 0 Å². The van der Waals surface area contributed by atoms with Gasteiger partial charge < -0.3 is 19.1 Å². The summed E-state index contributed by atoms with van der Waals surface area (Å²) >= 11 is 0. The van der Waals surface area contributed by atoms with Crippen LogP contribution in [0.2, 0.25) is 0 Å². The van der Waals surface area contributed by atoms with Gasteiger partial charge in [0.2, 0.25) is 17.7 Å². The van der Waals surface area contributed by atoms with E-state index in [9.17, 15) is 9.59 Å². The quantitative estimate of drug-likeness (QED) is 0.804. The number of aryl methyl sites for hydroxylation is 1. The van der Waals surface area contributed by atoms with Crippen LogP contribution in [0.1, 0.15) is 50.7 Å². The first-order valence-electron chi connectivity index (χ1n) is 8.93. The van der Waals surface area contributed by atoms with Gasteiger partial charge in [0.15, 0.2) is 5.82 Å². The Hall–Kier alpha value is -1.96. The fourth-order valence-electron chi connectivity index (χ4n) is 3.39. The second-order valence-electron chi connectivity index (χ2n) is 7.08. The molecule has 0 radical (unpaired) electrons.